The Hall–Kier alpha value is -2.54. The van der Waals surface area contributed by atoms with E-state index in [4.69, 9.17) is 8.92 Å². The van der Waals surface area contributed by atoms with Crippen molar-refractivity contribution in [1.29, 1.82) is 0 Å². The van der Waals surface area contributed by atoms with Crippen molar-refractivity contribution in [3.05, 3.63) is 52.1 Å². The van der Waals surface area contributed by atoms with Crippen molar-refractivity contribution in [2.45, 2.75) is 32.6 Å². The molecule has 0 fully saturated rings. The smallest absolute Gasteiger partial charge is 0.339 e. The van der Waals surface area contributed by atoms with Crippen LogP contribution < -0.4 is 8.92 Å². The fourth-order valence-corrected chi connectivity index (χ4v) is 4.23. The predicted molar refractivity (Wildman–Crippen MR) is 97.5 cm³/mol. The molecule has 0 amide bonds. The SMILES string of the molecule is COC(=O)c1ccc(OS(=O)(=O)c2c(C)c(C)cc(C)c2C)c(OC)c1. The molecule has 7 heteroatoms. The topological polar surface area (TPSA) is 78.9 Å². The second kappa shape index (κ2) is 7.37. The van der Waals surface area contributed by atoms with Crippen LogP contribution in [0.25, 0.3) is 0 Å². The highest BCUT2D eigenvalue weighted by molar-refractivity contribution is 7.87. The minimum Gasteiger partial charge on any atom is -0.493 e. The zero-order valence-corrected chi connectivity index (χ0v) is 16.5. The summed E-state index contributed by atoms with van der Waals surface area (Å²) in [5, 5.41) is 0. The summed E-state index contributed by atoms with van der Waals surface area (Å²) in [6.45, 7) is 7.20. The number of carbonyl (C=O) groups excluding carboxylic acids is 1. The van der Waals surface area contributed by atoms with Crippen LogP contribution >= 0.6 is 0 Å². The third-order valence-electron chi connectivity index (χ3n) is 4.33. The first kappa shape index (κ1) is 19.8. The van der Waals surface area contributed by atoms with Crippen molar-refractivity contribution >= 4 is 16.1 Å². The highest BCUT2D eigenvalue weighted by atomic mass is 32.2. The predicted octanol–water partition coefficient (Wildman–Crippen LogP) is 3.48. The Morgan fingerprint density at radius 3 is 1.96 bits per heavy atom. The first-order chi connectivity index (χ1) is 12.1. The number of carbonyl (C=O) groups is 1. The van der Waals surface area contributed by atoms with Crippen LogP contribution in [0.1, 0.15) is 32.6 Å². The Morgan fingerprint density at radius 1 is 0.885 bits per heavy atom. The summed E-state index contributed by atoms with van der Waals surface area (Å²) in [6, 6.07) is 6.10. The standard InChI is InChI=1S/C19H22O6S/c1-11-9-12(2)14(4)18(13(11)3)26(21,22)25-16-8-7-15(19(20)24-6)10-17(16)23-5/h7-10H,1-6H3. The minimum atomic E-state index is -4.09. The van der Waals surface area contributed by atoms with Crippen LogP contribution in [0.15, 0.2) is 29.2 Å². The largest absolute Gasteiger partial charge is 0.493 e. The van der Waals surface area contributed by atoms with E-state index in [0.29, 0.717) is 11.1 Å². The van der Waals surface area contributed by atoms with Crippen LogP contribution in [-0.2, 0) is 14.9 Å². The third kappa shape index (κ3) is 3.67. The Morgan fingerprint density at radius 2 is 1.46 bits per heavy atom. The number of rotatable bonds is 5. The monoisotopic (exact) mass is 378 g/mol. The second-order valence-electron chi connectivity index (χ2n) is 5.98. The lowest BCUT2D eigenvalue weighted by Gasteiger charge is -2.17. The summed E-state index contributed by atoms with van der Waals surface area (Å²) in [7, 11) is -1.46. The van der Waals surface area contributed by atoms with Gasteiger partial charge in [-0.2, -0.15) is 8.42 Å². The number of benzene rings is 2. The van der Waals surface area contributed by atoms with Gasteiger partial charge in [0.05, 0.1) is 19.8 Å². The molecule has 0 aliphatic rings. The highest BCUT2D eigenvalue weighted by Gasteiger charge is 2.26. The van der Waals surface area contributed by atoms with Crippen LogP contribution in [0.2, 0.25) is 0 Å². The lowest BCUT2D eigenvalue weighted by Crippen LogP contribution is -2.15. The molecule has 2 aromatic carbocycles. The molecule has 0 aromatic heterocycles. The van der Waals surface area contributed by atoms with E-state index in [1.807, 2.05) is 19.9 Å². The van der Waals surface area contributed by atoms with E-state index in [-0.39, 0.29) is 22.0 Å². The zero-order chi connectivity index (χ0) is 19.6. The zero-order valence-electron chi connectivity index (χ0n) is 15.7. The van der Waals surface area contributed by atoms with Crippen molar-refractivity contribution in [3.8, 4) is 11.5 Å². The average molecular weight is 378 g/mol. The number of esters is 1. The normalized spacial score (nSPS) is 11.2. The van der Waals surface area contributed by atoms with Gasteiger partial charge in [-0.1, -0.05) is 6.07 Å². The Balaban J connectivity index is 2.53. The minimum absolute atomic E-state index is 0.00175. The van der Waals surface area contributed by atoms with Gasteiger partial charge in [0.1, 0.15) is 4.90 Å². The van der Waals surface area contributed by atoms with E-state index < -0.39 is 16.1 Å². The molecule has 0 radical (unpaired) electrons. The van der Waals surface area contributed by atoms with E-state index in [2.05, 4.69) is 4.74 Å². The second-order valence-corrected chi connectivity index (χ2v) is 7.47. The average Bonchev–Trinajstić information content (AvgIpc) is 2.59. The van der Waals surface area contributed by atoms with Gasteiger partial charge in [0.25, 0.3) is 0 Å². The van der Waals surface area contributed by atoms with Gasteiger partial charge in [0.15, 0.2) is 11.5 Å². The molecule has 0 bridgehead atoms. The van der Waals surface area contributed by atoms with Crippen molar-refractivity contribution in [2.75, 3.05) is 14.2 Å². The summed E-state index contributed by atoms with van der Waals surface area (Å²) in [4.78, 5) is 11.8. The molecule has 0 N–H and O–H groups in total. The lowest BCUT2D eigenvalue weighted by atomic mass is 10.0. The molecule has 0 aliphatic carbocycles. The first-order valence-electron chi connectivity index (χ1n) is 7.90. The highest BCUT2D eigenvalue weighted by Crippen LogP contribution is 2.33. The molecule has 26 heavy (non-hydrogen) atoms. The maximum Gasteiger partial charge on any atom is 0.339 e. The summed E-state index contributed by atoms with van der Waals surface area (Å²) in [5.41, 5.74) is 3.23. The first-order valence-corrected chi connectivity index (χ1v) is 9.31. The fourth-order valence-electron chi connectivity index (χ4n) is 2.70. The molecule has 0 spiro atoms. The molecule has 2 aromatic rings. The maximum atomic E-state index is 12.9. The summed E-state index contributed by atoms with van der Waals surface area (Å²) >= 11 is 0. The molecule has 0 atom stereocenters. The van der Waals surface area contributed by atoms with Crippen molar-refractivity contribution in [3.63, 3.8) is 0 Å². The Labute approximate surface area is 153 Å². The van der Waals surface area contributed by atoms with Gasteiger partial charge in [-0.15, -0.1) is 0 Å². The van der Waals surface area contributed by atoms with E-state index in [1.54, 1.807) is 13.8 Å². The molecular weight excluding hydrogens is 356 g/mol. The van der Waals surface area contributed by atoms with Gasteiger partial charge >= 0.3 is 16.1 Å². The van der Waals surface area contributed by atoms with Crippen LogP contribution in [0, 0.1) is 27.7 Å². The fraction of sp³-hybridized carbons (Fsp3) is 0.316. The van der Waals surface area contributed by atoms with Crippen LogP contribution in [0.4, 0.5) is 0 Å². The van der Waals surface area contributed by atoms with Gasteiger partial charge in [0, 0.05) is 0 Å². The number of aryl methyl sites for hydroxylation is 2. The Bertz CT molecular complexity index is 934. The van der Waals surface area contributed by atoms with E-state index in [9.17, 15) is 13.2 Å². The summed E-state index contributed by atoms with van der Waals surface area (Å²) < 4.78 is 41.0. The van der Waals surface area contributed by atoms with Crippen molar-refractivity contribution in [1.82, 2.24) is 0 Å². The molecule has 140 valence electrons. The van der Waals surface area contributed by atoms with Crippen LogP contribution in [-0.4, -0.2) is 28.6 Å². The van der Waals surface area contributed by atoms with Gasteiger partial charge in [0.2, 0.25) is 0 Å². The van der Waals surface area contributed by atoms with Crippen molar-refractivity contribution in [2.24, 2.45) is 0 Å². The lowest BCUT2D eigenvalue weighted by molar-refractivity contribution is 0.0600. The van der Waals surface area contributed by atoms with Gasteiger partial charge in [-0.05, 0) is 68.1 Å². The molecular formula is C19H22O6S. The summed E-state index contributed by atoms with van der Waals surface area (Å²) in [6.07, 6.45) is 0. The molecule has 0 saturated carbocycles. The van der Waals surface area contributed by atoms with Crippen LogP contribution in [0.5, 0.6) is 11.5 Å². The Kier molecular flexibility index (Phi) is 5.61. The van der Waals surface area contributed by atoms with E-state index in [0.717, 1.165) is 11.1 Å². The maximum absolute atomic E-state index is 12.9. The van der Waals surface area contributed by atoms with Crippen molar-refractivity contribution < 1.29 is 26.9 Å². The number of ether oxygens (including phenoxy) is 2. The molecule has 0 aliphatic heterocycles. The molecule has 0 unspecified atom stereocenters. The number of hydrogen-bond donors (Lipinski definition) is 0. The molecule has 2 rings (SSSR count). The van der Waals surface area contributed by atoms with Crippen LogP contribution in [0.3, 0.4) is 0 Å². The summed E-state index contributed by atoms with van der Waals surface area (Å²) in [5.74, 6) is -0.437. The van der Waals surface area contributed by atoms with Gasteiger partial charge < -0.3 is 13.7 Å². The quantitative estimate of drug-likeness (QED) is 0.585. The number of methoxy groups -OCH3 is 2. The molecule has 0 saturated heterocycles. The van der Waals surface area contributed by atoms with Gasteiger partial charge in [-0.25, -0.2) is 4.79 Å². The third-order valence-corrected chi connectivity index (χ3v) is 5.84. The molecule has 0 heterocycles. The van der Waals surface area contributed by atoms with E-state index in [1.165, 1.54) is 32.4 Å². The van der Waals surface area contributed by atoms with E-state index >= 15 is 0 Å². The number of hydrogen-bond acceptors (Lipinski definition) is 6. The molecule has 6 nitrogen and oxygen atoms in total. The van der Waals surface area contributed by atoms with Gasteiger partial charge in [-0.3, -0.25) is 0 Å².